The summed E-state index contributed by atoms with van der Waals surface area (Å²) in [5.41, 5.74) is 0.690. The molecule has 0 saturated carbocycles. The van der Waals surface area contributed by atoms with Gasteiger partial charge in [0.15, 0.2) is 5.65 Å². The van der Waals surface area contributed by atoms with Crippen LogP contribution in [0.3, 0.4) is 0 Å². The number of hydrogen-bond acceptors (Lipinski definition) is 6. The summed E-state index contributed by atoms with van der Waals surface area (Å²) in [7, 11) is 1.89. The first-order valence-corrected chi connectivity index (χ1v) is 6.05. The number of fused-ring (bicyclic) bond motifs is 1. The standard InChI is InChI=1S/C12H16N6O/c1-9(5-13)7-17(2)11-10-6-16-18(3-4-19)12(10)15-8-14-11/h6,8-9,19H,3-4,7H2,1-2H3. The maximum atomic E-state index is 8.98. The van der Waals surface area contributed by atoms with E-state index in [-0.39, 0.29) is 12.5 Å². The van der Waals surface area contributed by atoms with Gasteiger partial charge in [-0.3, -0.25) is 0 Å². The molecule has 2 aromatic rings. The zero-order valence-electron chi connectivity index (χ0n) is 11.0. The quantitative estimate of drug-likeness (QED) is 0.837. The lowest BCUT2D eigenvalue weighted by Crippen LogP contribution is -2.24. The van der Waals surface area contributed by atoms with E-state index >= 15 is 0 Å². The lowest BCUT2D eigenvalue weighted by Gasteiger charge is -2.19. The van der Waals surface area contributed by atoms with Crippen molar-refractivity contribution in [3.8, 4) is 6.07 Å². The number of rotatable bonds is 5. The van der Waals surface area contributed by atoms with Gasteiger partial charge in [-0.25, -0.2) is 14.6 Å². The van der Waals surface area contributed by atoms with Crippen LogP contribution in [0.1, 0.15) is 6.92 Å². The number of nitrogens with zero attached hydrogens (tertiary/aromatic N) is 6. The van der Waals surface area contributed by atoms with Crippen LogP contribution >= 0.6 is 0 Å². The summed E-state index contributed by atoms with van der Waals surface area (Å²) >= 11 is 0. The van der Waals surface area contributed by atoms with Crippen molar-refractivity contribution in [2.75, 3.05) is 25.1 Å². The molecule has 2 rings (SSSR count). The predicted molar refractivity (Wildman–Crippen MR) is 70.5 cm³/mol. The Kier molecular flexibility index (Phi) is 3.92. The fourth-order valence-corrected chi connectivity index (χ4v) is 1.98. The highest BCUT2D eigenvalue weighted by Gasteiger charge is 2.14. The second-order valence-corrected chi connectivity index (χ2v) is 4.44. The summed E-state index contributed by atoms with van der Waals surface area (Å²) in [5, 5.41) is 22.9. The third-order valence-electron chi connectivity index (χ3n) is 2.85. The van der Waals surface area contributed by atoms with Gasteiger partial charge in [-0.05, 0) is 6.92 Å². The lowest BCUT2D eigenvalue weighted by molar-refractivity contribution is 0.271. The van der Waals surface area contributed by atoms with Crippen molar-refractivity contribution in [2.45, 2.75) is 13.5 Å². The van der Waals surface area contributed by atoms with Gasteiger partial charge < -0.3 is 10.0 Å². The van der Waals surface area contributed by atoms with Crippen molar-refractivity contribution < 1.29 is 5.11 Å². The van der Waals surface area contributed by atoms with Crippen molar-refractivity contribution in [2.24, 2.45) is 5.92 Å². The first-order chi connectivity index (χ1) is 9.17. The van der Waals surface area contributed by atoms with E-state index in [4.69, 9.17) is 10.4 Å². The molecule has 1 N–H and O–H groups in total. The number of aromatic nitrogens is 4. The van der Waals surface area contributed by atoms with Gasteiger partial charge in [0.05, 0.1) is 36.7 Å². The molecule has 100 valence electrons. The first-order valence-electron chi connectivity index (χ1n) is 6.05. The zero-order chi connectivity index (χ0) is 13.8. The maximum Gasteiger partial charge on any atom is 0.163 e. The summed E-state index contributed by atoms with van der Waals surface area (Å²) in [6.07, 6.45) is 3.16. The second-order valence-electron chi connectivity index (χ2n) is 4.44. The van der Waals surface area contributed by atoms with Crippen molar-refractivity contribution >= 4 is 16.9 Å². The van der Waals surface area contributed by atoms with Crippen molar-refractivity contribution in [3.05, 3.63) is 12.5 Å². The molecule has 1 atom stereocenters. The van der Waals surface area contributed by atoms with E-state index in [0.29, 0.717) is 18.7 Å². The molecular formula is C12H16N6O. The average Bonchev–Trinajstić information content (AvgIpc) is 2.82. The van der Waals surface area contributed by atoms with Gasteiger partial charge in [-0.1, -0.05) is 0 Å². The molecule has 0 saturated heterocycles. The third-order valence-corrected chi connectivity index (χ3v) is 2.85. The third kappa shape index (κ3) is 2.63. The number of nitriles is 1. The summed E-state index contributed by atoms with van der Waals surface area (Å²) in [4.78, 5) is 10.4. The Labute approximate surface area is 111 Å². The van der Waals surface area contributed by atoms with E-state index < -0.39 is 0 Å². The van der Waals surface area contributed by atoms with E-state index in [1.807, 2.05) is 18.9 Å². The average molecular weight is 260 g/mol. The molecule has 0 aliphatic heterocycles. The van der Waals surface area contributed by atoms with Crippen LogP contribution in [0.2, 0.25) is 0 Å². The number of aliphatic hydroxyl groups excluding tert-OH is 1. The molecule has 7 nitrogen and oxygen atoms in total. The summed E-state index contributed by atoms with van der Waals surface area (Å²) in [6, 6.07) is 2.20. The van der Waals surface area contributed by atoms with Gasteiger partial charge in [-0.15, -0.1) is 0 Å². The van der Waals surface area contributed by atoms with Crippen LogP contribution in [0.4, 0.5) is 5.82 Å². The highest BCUT2D eigenvalue weighted by atomic mass is 16.3. The van der Waals surface area contributed by atoms with Crippen LogP contribution in [0.15, 0.2) is 12.5 Å². The normalized spacial score (nSPS) is 12.3. The molecule has 0 radical (unpaired) electrons. The maximum absolute atomic E-state index is 8.98. The molecule has 7 heteroatoms. The first kappa shape index (κ1) is 13.2. The highest BCUT2D eigenvalue weighted by Crippen LogP contribution is 2.22. The SMILES string of the molecule is CC(C#N)CN(C)c1ncnc2c1cnn2CCO. The fraction of sp³-hybridized carbons (Fsp3) is 0.500. The Morgan fingerprint density at radius 2 is 2.32 bits per heavy atom. The second kappa shape index (κ2) is 5.63. The Morgan fingerprint density at radius 1 is 1.53 bits per heavy atom. The van der Waals surface area contributed by atoms with Crippen molar-refractivity contribution in [1.29, 1.82) is 5.26 Å². The fourth-order valence-electron chi connectivity index (χ4n) is 1.98. The summed E-state index contributed by atoms with van der Waals surface area (Å²) < 4.78 is 1.64. The van der Waals surface area contributed by atoms with Crippen molar-refractivity contribution in [1.82, 2.24) is 19.7 Å². The number of aliphatic hydroxyl groups is 1. The Morgan fingerprint density at radius 3 is 3.00 bits per heavy atom. The molecule has 0 aliphatic rings. The van der Waals surface area contributed by atoms with Crippen LogP contribution in [0.25, 0.3) is 11.0 Å². The lowest BCUT2D eigenvalue weighted by atomic mass is 10.2. The Balaban J connectivity index is 2.36. The van der Waals surface area contributed by atoms with Gasteiger partial charge in [0.2, 0.25) is 0 Å². The molecule has 2 aromatic heterocycles. The minimum absolute atomic E-state index is 0.0113. The molecule has 1 unspecified atom stereocenters. The van der Waals surface area contributed by atoms with E-state index in [9.17, 15) is 0 Å². The largest absolute Gasteiger partial charge is 0.394 e. The summed E-state index contributed by atoms with van der Waals surface area (Å²) in [5.74, 6) is 0.666. The van der Waals surface area contributed by atoms with Gasteiger partial charge >= 0.3 is 0 Å². The topological polar surface area (TPSA) is 90.9 Å². The van der Waals surface area contributed by atoms with Crippen LogP contribution in [0, 0.1) is 17.2 Å². The minimum atomic E-state index is -0.0810. The monoisotopic (exact) mass is 260 g/mol. The Hall–Kier alpha value is -2.20. The molecule has 0 aromatic carbocycles. The highest BCUT2D eigenvalue weighted by molar-refractivity contribution is 5.86. The molecular weight excluding hydrogens is 244 g/mol. The molecule has 0 aliphatic carbocycles. The molecule has 19 heavy (non-hydrogen) atoms. The van der Waals surface area contributed by atoms with Crippen molar-refractivity contribution in [3.63, 3.8) is 0 Å². The number of anilines is 1. The number of hydrogen-bond donors (Lipinski definition) is 1. The minimum Gasteiger partial charge on any atom is -0.394 e. The van der Waals surface area contributed by atoms with E-state index in [1.54, 1.807) is 10.9 Å². The molecule has 0 amide bonds. The molecule has 0 fully saturated rings. The Bertz CT molecular complexity index is 602. The van der Waals surface area contributed by atoms with E-state index in [1.165, 1.54) is 6.33 Å². The summed E-state index contributed by atoms with van der Waals surface area (Å²) in [6.45, 7) is 2.87. The molecule has 0 spiro atoms. The smallest absolute Gasteiger partial charge is 0.163 e. The molecule has 2 heterocycles. The van der Waals surface area contributed by atoms with Crippen LogP contribution < -0.4 is 4.90 Å². The van der Waals surface area contributed by atoms with Crippen LogP contribution in [0.5, 0.6) is 0 Å². The van der Waals surface area contributed by atoms with Gasteiger partial charge in [0.1, 0.15) is 12.1 Å². The van der Waals surface area contributed by atoms with Crippen LogP contribution in [-0.4, -0.2) is 45.1 Å². The van der Waals surface area contributed by atoms with Crippen LogP contribution in [-0.2, 0) is 6.54 Å². The van der Waals surface area contributed by atoms with E-state index in [0.717, 1.165) is 11.2 Å². The van der Waals surface area contributed by atoms with Gasteiger partial charge in [0, 0.05) is 13.6 Å². The predicted octanol–water partition coefficient (Wildman–Crippen LogP) is 0.414. The van der Waals surface area contributed by atoms with Gasteiger partial charge in [0.25, 0.3) is 0 Å². The van der Waals surface area contributed by atoms with Gasteiger partial charge in [-0.2, -0.15) is 10.4 Å². The molecule has 0 bridgehead atoms. The zero-order valence-corrected chi connectivity index (χ0v) is 11.0. The van der Waals surface area contributed by atoms with E-state index in [2.05, 4.69) is 21.1 Å².